The maximum absolute atomic E-state index is 13.3. The second-order valence-electron chi connectivity index (χ2n) is 9.72. The molecule has 2 amide bonds. The number of carbonyl (C=O) groups excluding carboxylic acids is 2. The Morgan fingerprint density at radius 1 is 1.09 bits per heavy atom. The summed E-state index contributed by atoms with van der Waals surface area (Å²) in [6.45, 7) is 0.803. The van der Waals surface area contributed by atoms with Crippen LogP contribution < -0.4 is 5.32 Å². The van der Waals surface area contributed by atoms with Gasteiger partial charge in [-0.25, -0.2) is 4.98 Å². The zero-order valence-electron chi connectivity index (χ0n) is 18.8. The zero-order chi connectivity index (χ0) is 23.5. The number of pyridine rings is 1. The average Bonchev–Trinajstić information content (AvgIpc) is 3.75. The molecule has 8 nitrogen and oxygen atoms in total. The first-order valence-electron chi connectivity index (χ1n) is 11.8. The molecule has 9 heteroatoms. The molecule has 2 aromatic heterocycles. The van der Waals surface area contributed by atoms with E-state index in [0.29, 0.717) is 18.9 Å². The fourth-order valence-electron chi connectivity index (χ4n) is 4.87. The number of benzene rings is 1. The predicted molar refractivity (Wildman–Crippen MR) is 133 cm³/mol. The van der Waals surface area contributed by atoms with Crippen molar-refractivity contribution in [3.63, 3.8) is 0 Å². The number of H-pyrrole nitrogens is 1. The van der Waals surface area contributed by atoms with E-state index in [-0.39, 0.29) is 29.2 Å². The van der Waals surface area contributed by atoms with Crippen LogP contribution >= 0.6 is 10.6 Å². The van der Waals surface area contributed by atoms with E-state index in [1.54, 1.807) is 4.90 Å². The van der Waals surface area contributed by atoms with Crippen molar-refractivity contribution >= 4 is 39.3 Å². The highest BCUT2D eigenvalue weighted by Gasteiger charge is 2.53. The van der Waals surface area contributed by atoms with Crippen molar-refractivity contribution < 1.29 is 18.7 Å². The van der Waals surface area contributed by atoms with E-state index in [1.807, 2.05) is 42.6 Å². The number of nitrogens with one attached hydrogen (secondary N) is 2. The van der Waals surface area contributed by atoms with Crippen LogP contribution in [0.15, 0.2) is 42.6 Å². The number of nitrogens with zero attached hydrogens (tertiary/aromatic N) is 2. The third-order valence-electron chi connectivity index (χ3n) is 7.30. The summed E-state index contributed by atoms with van der Waals surface area (Å²) in [7, 11) is -2.53. The van der Waals surface area contributed by atoms with Crippen LogP contribution in [-0.4, -0.2) is 60.4 Å². The topological polar surface area (TPSA) is 119 Å². The van der Waals surface area contributed by atoms with Crippen LogP contribution in [0.4, 0.5) is 5.82 Å². The Balaban J connectivity index is 1.26. The van der Waals surface area contributed by atoms with Crippen molar-refractivity contribution in [3.8, 4) is 11.1 Å². The van der Waals surface area contributed by atoms with Crippen molar-refractivity contribution in [1.29, 1.82) is 0 Å². The summed E-state index contributed by atoms with van der Waals surface area (Å²) in [5.74, 6) is 1.29. The van der Waals surface area contributed by atoms with Gasteiger partial charge in [0.1, 0.15) is 11.5 Å². The molecule has 1 aromatic carbocycles. The van der Waals surface area contributed by atoms with E-state index in [4.69, 9.17) is 0 Å². The van der Waals surface area contributed by atoms with E-state index < -0.39 is 16.0 Å². The summed E-state index contributed by atoms with van der Waals surface area (Å²) in [4.78, 5) is 35.1. The highest BCUT2D eigenvalue weighted by molar-refractivity contribution is 8.24. The SMILES string of the molecule is O=C(Nc1cc(-c2ccc(C3(C(=O)N4CCS(O)(O)CC4)CC3)cc2)c2cc[nH]c2n1)C1CC1. The lowest BCUT2D eigenvalue weighted by Crippen LogP contribution is -2.46. The van der Waals surface area contributed by atoms with E-state index in [1.165, 1.54) is 0 Å². The van der Waals surface area contributed by atoms with E-state index in [0.717, 1.165) is 53.4 Å². The van der Waals surface area contributed by atoms with Crippen LogP contribution in [-0.2, 0) is 15.0 Å². The van der Waals surface area contributed by atoms with Crippen molar-refractivity contribution in [1.82, 2.24) is 14.9 Å². The molecule has 0 unspecified atom stereocenters. The number of fused-ring (bicyclic) bond motifs is 1. The van der Waals surface area contributed by atoms with Crippen molar-refractivity contribution in [2.45, 2.75) is 31.1 Å². The Morgan fingerprint density at radius 3 is 2.44 bits per heavy atom. The number of amides is 2. The minimum atomic E-state index is -2.53. The maximum atomic E-state index is 13.3. The second-order valence-corrected chi connectivity index (χ2v) is 12.1. The number of hydrogen-bond donors (Lipinski definition) is 4. The summed E-state index contributed by atoms with van der Waals surface area (Å²) in [5, 5.41) is 3.92. The first-order chi connectivity index (χ1) is 16.3. The van der Waals surface area contributed by atoms with E-state index in [9.17, 15) is 18.7 Å². The molecule has 178 valence electrons. The normalized spacial score (nSPS) is 21.8. The molecule has 1 saturated heterocycles. The number of anilines is 1. The molecule has 34 heavy (non-hydrogen) atoms. The third-order valence-corrected chi connectivity index (χ3v) is 8.97. The molecule has 0 radical (unpaired) electrons. The van der Waals surface area contributed by atoms with Crippen LogP contribution in [0.3, 0.4) is 0 Å². The van der Waals surface area contributed by atoms with Crippen molar-refractivity contribution in [3.05, 3.63) is 48.2 Å². The van der Waals surface area contributed by atoms with Crippen LogP contribution in [0.2, 0.25) is 0 Å². The van der Waals surface area contributed by atoms with Crippen molar-refractivity contribution in [2.24, 2.45) is 5.92 Å². The lowest BCUT2D eigenvalue weighted by Gasteiger charge is -2.42. The molecule has 0 atom stereocenters. The second kappa shape index (κ2) is 7.83. The van der Waals surface area contributed by atoms with Crippen LogP contribution in [0, 0.1) is 5.92 Å². The van der Waals surface area contributed by atoms with Gasteiger partial charge in [0.25, 0.3) is 0 Å². The van der Waals surface area contributed by atoms with Gasteiger partial charge in [-0.1, -0.05) is 24.3 Å². The van der Waals surface area contributed by atoms with Gasteiger partial charge < -0.3 is 15.2 Å². The first-order valence-corrected chi connectivity index (χ1v) is 13.7. The number of aromatic nitrogens is 2. The standard InChI is InChI=1S/C25H28N4O4S/c30-23(17-1-2-17)28-21-15-20(19-7-10-26-22(19)27-21)16-3-5-18(6-4-16)25(8-9-25)24(31)29-11-13-34(32,33)14-12-29/h3-7,10,15,17,32-33H,1-2,8-9,11-14H2,(H2,26,27,28,30). The predicted octanol–water partition coefficient (Wildman–Crippen LogP) is 4.20. The summed E-state index contributed by atoms with van der Waals surface area (Å²) >= 11 is 0. The monoisotopic (exact) mass is 480 g/mol. The summed E-state index contributed by atoms with van der Waals surface area (Å²) in [6.07, 6.45) is 5.34. The van der Waals surface area contributed by atoms with Gasteiger partial charge in [-0.15, -0.1) is 0 Å². The van der Waals surface area contributed by atoms with Gasteiger partial charge in [0.05, 0.1) is 16.9 Å². The third kappa shape index (κ3) is 3.87. The molecule has 2 saturated carbocycles. The summed E-state index contributed by atoms with van der Waals surface area (Å²) in [6, 6.07) is 12.0. The van der Waals surface area contributed by atoms with Crippen LogP contribution in [0.1, 0.15) is 31.2 Å². The van der Waals surface area contributed by atoms with Gasteiger partial charge in [-0.3, -0.25) is 18.7 Å². The van der Waals surface area contributed by atoms with Gasteiger partial charge in [0, 0.05) is 30.6 Å². The zero-order valence-corrected chi connectivity index (χ0v) is 19.6. The molecule has 3 aromatic rings. The van der Waals surface area contributed by atoms with Crippen molar-refractivity contribution in [2.75, 3.05) is 29.9 Å². The average molecular weight is 481 g/mol. The molecule has 3 heterocycles. The molecule has 0 spiro atoms. The fourth-order valence-corrected chi connectivity index (χ4v) is 6.10. The Hall–Kier alpha value is -2.88. The Labute approximate surface area is 199 Å². The van der Waals surface area contributed by atoms with E-state index in [2.05, 4.69) is 15.3 Å². The molecule has 1 aliphatic heterocycles. The highest BCUT2D eigenvalue weighted by Crippen LogP contribution is 2.51. The summed E-state index contributed by atoms with van der Waals surface area (Å²) in [5.41, 5.74) is 3.19. The minimum absolute atomic E-state index is 0.0211. The van der Waals surface area contributed by atoms with Gasteiger partial charge >= 0.3 is 0 Å². The Bertz CT molecular complexity index is 1270. The fraction of sp³-hybridized carbons (Fsp3) is 0.400. The minimum Gasteiger partial charge on any atom is -0.346 e. The van der Waals surface area contributed by atoms with Gasteiger partial charge in [-0.2, -0.15) is 10.6 Å². The molecule has 0 bridgehead atoms. The lowest BCUT2D eigenvalue weighted by molar-refractivity contribution is -0.133. The smallest absolute Gasteiger partial charge is 0.233 e. The molecule has 4 N–H and O–H groups in total. The largest absolute Gasteiger partial charge is 0.346 e. The molecular weight excluding hydrogens is 452 g/mol. The molecule has 2 aliphatic carbocycles. The van der Waals surface area contributed by atoms with Gasteiger partial charge in [-0.05, 0) is 54.5 Å². The number of aromatic amines is 1. The Kier molecular flexibility index (Phi) is 4.98. The maximum Gasteiger partial charge on any atom is 0.233 e. The first kappa shape index (κ1) is 21.6. The van der Waals surface area contributed by atoms with Gasteiger partial charge in [0.15, 0.2) is 0 Å². The number of hydrogen-bond acceptors (Lipinski definition) is 5. The van der Waals surface area contributed by atoms with Gasteiger partial charge in [0.2, 0.25) is 11.8 Å². The highest BCUT2D eigenvalue weighted by atomic mass is 32.3. The number of rotatable bonds is 5. The number of carbonyl (C=O) groups is 2. The van der Waals surface area contributed by atoms with Crippen LogP contribution in [0.25, 0.3) is 22.2 Å². The Morgan fingerprint density at radius 2 is 1.79 bits per heavy atom. The van der Waals surface area contributed by atoms with E-state index >= 15 is 0 Å². The molecule has 3 aliphatic rings. The molecule has 6 rings (SSSR count). The quantitative estimate of drug-likeness (QED) is 0.436. The lowest BCUT2D eigenvalue weighted by atomic mass is 9.92. The van der Waals surface area contributed by atoms with Crippen LogP contribution in [0.5, 0.6) is 0 Å². The molecule has 3 fully saturated rings. The molecular formula is C25H28N4O4S. The summed E-state index contributed by atoms with van der Waals surface area (Å²) < 4.78 is 19.8.